The first-order valence-electron chi connectivity index (χ1n) is 2.04. The van der Waals surface area contributed by atoms with Crippen molar-refractivity contribution in [1.29, 1.82) is 0 Å². The molecule has 0 aliphatic rings. The van der Waals surface area contributed by atoms with E-state index in [1.807, 2.05) is 0 Å². The second-order valence-electron chi connectivity index (χ2n) is 1.18. The molecule has 5 nitrogen and oxygen atoms in total. The number of aliphatic carboxylic acids is 1. The molecular formula is C3H9ClN2O3. The van der Waals surface area contributed by atoms with E-state index in [0.717, 1.165) is 0 Å². The highest BCUT2D eigenvalue weighted by Crippen LogP contribution is 1.68. The first-order chi connectivity index (χ1) is 4.18. The van der Waals surface area contributed by atoms with Crippen molar-refractivity contribution >= 4 is 17.8 Å². The van der Waals surface area contributed by atoms with Gasteiger partial charge in [-0.15, -0.1) is 0 Å². The van der Waals surface area contributed by atoms with E-state index in [0.29, 0.717) is 0 Å². The van der Waals surface area contributed by atoms with Gasteiger partial charge in [0.1, 0.15) is 6.04 Å². The molecule has 0 aromatic heterocycles. The molecule has 6 N–H and O–H groups in total. The monoisotopic (exact) mass is 156 g/mol. The first kappa shape index (κ1) is 11.4. The number of carboxylic acids is 1. The summed E-state index contributed by atoms with van der Waals surface area (Å²) in [5.41, 5.74) is 9.76. The van der Waals surface area contributed by atoms with Gasteiger partial charge in [0.15, 0.2) is 0 Å². The number of carbonyl (C=O) groups is 1. The lowest BCUT2D eigenvalue weighted by molar-refractivity contribution is -0.138. The van der Waals surface area contributed by atoms with Crippen LogP contribution < -0.4 is 11.5 Å². The molecule has 0 aromatic rings. The Labute approximate surface area is 57.4 Å². The summed E-state index contributed by atoms with van der Waals surface area (Å²) < 4.78 is 6.47. The van der Waals surface area contributed by atoms with E-state index in [-0.39, 0.29) is 6.54 Å². The van der Waals surface area contributed by atoms with Crippen LogP contribution in [-0.2, 0) is 4.79 Å². The molecule has 0 aliphatic heterocycles. The zero-order chi connectivity index (χ0) is 7.86. The number of hydrogen-bond donors (Lipinski definition) is 4. The molecule has 1 atom stereocenters. The number of nitrogens with two attached hydrogens (primary N) is 2. The summed E-state index contributed by atoms with van der Waals surface area (Å²) in [6.07, 6.45) is 0. The molecule has 0 rings (SSSR count). The van der Waals surface area contributed by atoms with Gasteiger partial charge in [-0.3, -0.25) is 9.45 Å². The van der Waals surface area contributed by atoms with Crippen molar-refractivity contribution in [2.75, 3.05) is 6.54 Å². The third-order valence-corrected chi connectivity index (χ3v) is 0.571. The lowest BCUT2D eigenvalue weighted by Gasteiger charge is -1.97. The number of hydrogen-bond acceptors (Lipinski definition) is 4. The lowest BCUT2D eigenvalue weighted by Crippen LogP contribution is -2.37. The van der Waals surface area contributed by atoms with E-state index in [1.54, 1.807) is 0 Å². The highest BCUT2D eigenvalue weighted by molar-refractivity contribution is 6.04. The van der Waals surface area contributed by atoms with Crippen molar-refractivity contribution in [2.45, 2.75) is 6.04 Å². The van der Waals surface area contributed by atoms with E-state index >= 15 is 0 Å². The molecule has 0 bridgehead atoms. The van der Waals surface area contributed by atoms with Crippen LogP contribution in [0.4, 0.5) is 0 Å². The Morgan fingerprint density at radius 1 is 1.67 bits per heavy atom. The average Bonchev–Trinajstić information content (AvgIpc) is 1.91. The average molecular weight is 157 g/mol. The summed E-state index contributed by atoms with van der Waals surface area (Å²) in [6, 6.07) is -0.903. The van der Waals surface area contributed by atoms with Crippen molar-refractivity contribution in [3.8, 4) is 0 Å². The highest BCUT2D eigenvalue weighted by Gasteiger charge is 2.05. The van der Waals surface area contributed by atoms with Crippen molar-refractivity contribution < 1.29 is 14.6 Å². The summed E-state index contributed by atoms with van der Waals surface area (Å²) >= 11 is 3.64. The van der Waals surface area contributed by atoms with Crippen molar-refractivity contribution in [1.82, 2.24) is 0 Å². The van der Waals surface area contributed by atoms with Gasteiger partial charge in [-0.2, -0.15) is 0 Å². The largest absolute Gasteiger partial charge is 0.480 e. The lowest BCUT2D eigenvalue weighted by atomic mass is 10.3. The normalized spacial score (nSPS) is 11.1. The Bertz CT molecular complexity index is 79.5. The standard InChI is InChI=1S/C3H8N2O2.ClHO/c4-1-2(5)3(6)7;1-2/h2H,1,4-5H2,(H,6,7);2H. The molecule has 0 aliphatic carbocycles. The highest BCUT2D eigenvalue weighted by atomic mass is 35.5. The minimum absolute atomic E-state index is 0.00463. The summed E-state index contributed by atoms with van der Waals surface area (Å²) in [7, 11) is 0. The summed E-state index contributed by atoms with van der Waals surface area (Å²) in [5, 5.41) is 7.98. The predicted octanol–water partition coefficient (Wildman–Crippen LogP) is -1.51. The third kappa shape index (κ3) is 7.64. The second-order valence-corrected chi connectivity index (χ2v) is 1.18. The molecule has 56 valence electrons. The molecule has 0 amide bonds. The van der Waals surface area contributed by atoms with Crippen LogP contribution in [0.1, 0.15) is 0 Å². The predicted molar refractivity (Wildman–Crippen MR) is 32.7 cm³/mol. The van der Waals surface area contributed by atoms with Crippen LogP contribution in [0.2, 0.25) is 0 Å². The minimum atomic E-state index is -1.05. The van der Waals surface area contributed by atoms with E-state index < -0.39 is 12.0 Å². The van der Waals surface area contributed by atoms with Gasteiger partial charge in [0, 0.05) is 6.54 Å². The molecule has 0 heterocycles. The van der Waals surface area contributed by atoms with Crippen LogP contribution in [0.25, 0.3) is 0 Å². The fourth-order valence-corrected chi connectivity index (χ4v) is 0.101. The Balaban J connectivity index is 0. The topological polar surface area (TPSA) is 110 Å². The quantitative estimate of drug-likeness (QED) is 0.389. The van der Waals surface area contributed by atoms with Crippen LogP contribution in [0.3, 0.4) is 0 Å². The molecule has 9 heavy (non-hydrogen) atoms. The second kappa shape index (κ2) is 7.64. The minimum Gasteiger partial charge on any atom is -0.480 e. The van der Waals surface area contributed by atoms with Crippen LogP contribution in [-0.4, -0.2) is 28.3 Å². The molecule has 0 fully saturated rings. The van der Waals surface area contributed by atoms with E-state index in [2.05, 4.69) is 11.9 Å². The summed E-state index contributed by atoms with van der Waals surface area (Å²) in [5.74, 6) is -1.05. The van der Waals surface area contributed by atoms with Gasteiger partial charge in [-0.25, -0.2) is 0 Å². The van der Waals surface area contributed by atoms with Gasteiger partial charge in [0.2, 0.25) is 0 Å². The van der Waals surface area contributed by atoms with Crippen molar-refractivity contribution in [3.63, 3.8) is 0 Å². The van der Waals surface area contributed by atoms with Crippen molar-refractivity contribution in [3.05, 3.63) is 0 Å². The number of rotatable bonds is 2. The number of carboxylic acid groups (broad SMARTS) is 1. The summed E-state index contributed by atoms with van der Waals surface area (Å²) in [4.78, 5) is 9.73. The zero-order valence-electron chi connectivity index (χ0n) is 4.62. The van der Waals surface area contributed by atoms with Crippen LogP contribution >= 0.6 is 11.9 Å². The van der Waals surface area contributed by atoms with Gasteiger partial charge in [0.05, 0.1) is 11.9 Å². The van der Waals surface area contributed by atoms with E-state index in [4.69, 9.17) is 21.2 Å². The molecule has 0 spiro atoms. The molecule has 0 saturated heterocycles. The molecule has 0 saturated carbocycles. The van der Waals surface area contributed by atoms with Gasteiger partial charge in [-0.05, 0) is 0 Å². The van der Waals surface area contributed by atoms with Crippen molar-refractivity contribution in [2.24, 2.45) is 11.5 Å². The maximum absolute atomic E-state index is 9.73. The Morgan fingerprint density at radius 3 is 2.00 bits per heavy atom. The zero-order valence-corrected chi connectivity index (χ0v) is 5.38. The Kier molecular flexibility index (Phi) is 9.71. The Hall–Kier alpha value is -0.360. The van der Waals surface area contributed by atoms with E-state index in [1.165, 1.54) is 0 Å². The summed E-state index contributed by atoms with van der Waals surface area (Å²) in [6.45, 7) is -0.00463. The maximum Gasteiger partial charge on any atom is 0.321 e. The number of halogens is 1. The first-order valence-corrected chi connectivity index (χ1v) is 2.37. The molecule has 0 radical (unpaired) electrons. The molecular weight excluding hydrogens is 147 g/mol. The smallest absolute Gasteiger partial charge is 0.321 e. The molecule has 1 unspecified atom stereocenters. The molecule has 6 heteroatoms. The molecule has 0 aromatic carbocycles. The third-order valence-electron chi connectivity index (χ3n) is 0.571. The van der Waals surface area contributed by atoms with Gasteiger partial charge in [-0.1, -0.05) is 0 Å². The maximum atomic E-state index is 9.73. The van der Waals surface area contributed by atoms with Gasteiger partial charge < -0.3 is 16.6 Å². The SMILES string of the molecule is NCC(N)C(=O)O.OCl. The van der Waals surface area contributed by atoms with Gasteiger partial charge >= 0.3 is 5.97 Å². The van der Waals surface area contributed by atoms with Crippen LogP contribution in [0, 0.1) is 0 Å². The Morgan fingerprint density at radius 2 is 2.00 bits per heavy atom. The fraction of sp³-hybridized carbons (Fsp3) is 0.667. The van der Waals surface area contributed by atoms with E-state index in [9.17, 15) is 4.79 Å². The van der Waals surface area contributed by atoms with Crippen LogP contribution in [0.5, 0.6) is 0 Å². The van der Waals surface area contributed by atoms with Crippen LogP contribution in [0.15, 0.2) is 0 Å². The fourth-order valence-electron chi connectivity index (χ4n) is 0.101. The van der Waals surface area contributed by atoms with Gasteiger partial charge in [0.25, 0.3) is 0 Å².